The third-order valence-electron chi connectivity index (χ3n) is 8.68. The molecule has 0 amide bonds. The Hall–Kier alpha value is -2.94. The van der Waals surface area contributed by atoms with E-state index >= 15 is 0 Å². The van der Waals surface area contributed by atoms with Crippen molar-refractivity contribution in [3.05, 3.63) is 65.4 Å². The van der Waals surface area contributed by atoms with Crippen molar-refractivity contribution in [2.45, 2.75) is 70.1 Å². The highest BCUT2D eigenvalue weighted by atomic mass is 15.1. The number of aryl methyl sites for hydroxylation is 2. The molecule has 3 aromatic heterocycles. The van der Waals surface area contributed by atoms with E-state index in [1.165, 1.54) is 101 Å². The summed E-state index contributed by atoms with van der Waals surface area (Å²) in [7, 11) is 2.24. The van der Waals surface area contributed by atoms with Crippen molar-refractivity contribution in [3.8, 4) is 0 Å². The van der Waals surface area contributed by atoms with Crippen LogP contribution in [0.5, 0.6) is 0 Å². The van der Waals surface area contributed by atoms with Crippen LogP contribution in [-0.4, -0.2) is 9.55 Å². The van der Waals surface area contributed by atoms with Crippen molar-refractivity contribution < 1.29 is 4.40 Å². The average Bonchev–Trinajstić information content (AvgIpc) is 3.61. The fraction of sp³-hybridized carbons (Fsp3) is 0.400. The SMILES string of the molecule is Cc1ccnc2c3cc(C4CCCC4)ccc3[n+]3c4ccc(C5CCCC5)cc4n(C)c3c12. The zero-order valence-corrected chi connectivity index (χ0v) is 19.8. The molecule has 5 aromatic rings. The summed E-state index contributed by atoms with van der Waals surface area (Å²) in [6, 6.07) is 16.6. The molecular weight excluding hydrogens is 402 g/mol. The number of nitrogens with zero attached hydrogens (tertiary/aromatic N) is 3. The minimum Gasteiger partial charge on any atom is -0.255 e. The van der Waals surface area contributed by atoms with Gasteiger partial charge < -0.3 is 0 Å². The summed E-state index contributed by atoms with van der Waals surface area (Å²) < 4.78 is 4.91. The third-order valence-corrected chi connectivity index (χ3v) is 8.68. The van der Waals surface area contributed by atoms with Gasteiger partial charge in [-0.05, 0) is 91.5 Å². The van der Waals surface area contributed by atoms with E-state index in [0.717, 1.165) is 11.4 Å². The van der Waals surface area contributed by atoms with E-state index in [2.05, 4.69) is 65.4 Å². The van der Waals surface area contributed by atoms with Crippen molar-refractivity contribution in [1.82, 2.24) is 9.55 Å². The van der Waals surface area contributed by atoms with Crippen LogP contribution in [0.15, 0.2) is 48.7 Å². The highest BCUT2D eigenvalue weighted by molar-refractivity contribution is 6.09. The lowest BCUT2D eigenvalue weighted by molar-refractivity contribution is -0.449. The maximum Gasteiger partial charge on any atom is 0.297 e. The number of rotatable bonds is 2. The summed E-state index contributed by atoms with van der Waals surface area (Å²) >= 11 is 0. The highest BCUT2D eigenvalue weighted by Crippen LogP contribution is 2.38. The number of pyridine rings is 2. The first-order chi connectivity index (χ1) is 16.2. The van der Waals surface area contributed by atoms with E-state index in [1.54, 1.807) is 0 Å². The lowest BCUT2D eigenvalue weighted by Crippen LogP contribution is -2.23. The van der Waals surface area contributed by atoms with E-state index < -0.39 is 0 Å². The summed E-state index contributed by atoms with van der Waals surface area (Å²) in [6.07, 6.45) is 12.8. The Morgan fingerprint density at radius 1 is 0.818 bits per heavy atom. The van der Waals surface area contributed by atoms with Crippen LogP contribution in [0.3, 0.4) is 0 Å². The van der Waals surface area contributed by atoms with Crippen LogP contribution < -0.4 is 4.40 Å². The predicted octanol–water partition coefficient (Wildman–Crippen LogP) is 7.24. The number of imidazole rings is 1. The van der Waals surface area contributed by atoms with Gasteiger partial charge in [0.1, 0.15) is 5.52 Å². The second-order valence-corrected chi connectivity index (χ2v) is 10.6. The second-order valence-electron chi connectivity index (χ2n) is 10.6. The molecule has 33 heavy (non-hydrogen) atoms. The van der Waals surface area contributed by atoms with E-state index in [0.29, 0.717) is 5.92 Å². The van der Waals surface area contributed by atoms with Gasteiger partial charge in [0.05, 0.1) is 18.0 Å². The quantitative estimate of drug-likeness (QED) is 0.212. The molecule has 0 radical (unpaired) electrons. The summed E-state index contributed by atoms with van der Waals surface area (Å²) in [6.45, 7) is 2.23. The van der Waals surface area contributed by atoms with Gasteiger partial charge in [-0.2, -0.15) is 4.40 Å². The monoisotopic (exact) mass is 434 g/mol. The third kappa shape index (κ3) is 2.81. The molecule has 3 nitrogen and oxygen atoms in total. The first-order valence-corrected chi connectivity index (χ1v) is 12.9. The molecule has 0 spiro atoms. The summed E-state index contributed by atoms with van der Waals surface area (Å²) in [5, 5.41) is 2.58. The van der Waals surface area contributed by atoms with E-state index in [-0.39, 0.29) is 0 Å². The van der Waals surface area contributed by atoms with Crippen LogP contribution in [0.25, 0.3) is 38.5 Å². The van der Waals surface area contributed by atoms with Crippen molar-refractivity contribution >= 4 is 38.5 Å². The Morgan fingerprint density at radius 3 is 2.15 bits per heavy atom. The molecule has 0 bridgehead atoms. The normalized spacial score (nSPS) is 18.0. The number of aromatic nitrogens is 3. The molecule has 2 aromatic carbocycles. The molecule has 3 heterocycles. The Bertz CT molecular complexity index is 1550. The number of hydrogen-bond acceptors (Lipinski definition) is 1. The van der Waals surface area contributed by atoms with Crippen LogP contribution in [0.1, 0.15) is 79.9 Å². The molecule has 7 rings (SSSR count). The Labute approximate surface area is 195 Å². The van der Waals surface area contributed by atoms with Crippen LogP contribution in [0.4, 0.5) is 0 Å². The molecule has 2 aliphatic carbocycles. The zero-order chi connectivity index (χ0) is 22.1. The van der Waals surface area contributed by atoms with E-state index in [4.69, 9.17) is 4.98 Å². The molecule has 0 unspecified atom stereocenters. The number of fused-ring (bicyclic) bond motifs is 8. The number of hydrogen-bond donors (Lipinski definition) is 0. The van der Waals surface area contributed by atoms with Crippen molar-refractivity contribution in [2.75, 3.05) is 0 Å². The maximum absolute atomic E-state index is 4.95. The minimum absolute atomic E-state index is 0.705. The molecule has 2 saturated carbocycles. The van der Waals surface area contributed by atoms with E-state index in [1.807, 2.05) is 6.20 Å². The molecule has 0 aliphatic heterocycles. The average molecular weight is 435 g/mol. The fourth-order valence-corrected chi connectivity index (χ4v) is 6.91. The molecule has 2 aliphatic rings. The predicted molar refractivity (Wildman–Crippen MR) is 136 cm³/mol. The van der Waals surface area contributed by atoms with Crippen molar-refractivity contribution in [3.63, 3.8) is 0 Å². The molecule has 3 heteroatoms. The summed E-state index contributed by atoms with van der Waals surface area (Å²) in [5.74, 6) is 1.43. The van der Waals surface area contributed by atoms with Crippen LogP contribution in [-0.2, 0) is 7.05 Å². The molecule has 0 N–H and O–H groups in total. The second kappa shape index (κ2) is 7.28. The maximum atomic E-state index is 4.95. The molecule has 2 fully saturated rings. The van der Waals surface area contributed by atoms with Gasteiger partial charge in [0.2, 0.25) is 0 Å². The minimum atomic E-state index is 0.705. The zero-order valence-electron chi connectivity index (χ0n) is 19.8. The van der Waals surface area contributed by atoms with Crippen molar-refractivity contribution in [1.29, 1.82) is 0 Å². The van der Waals surface area contributed by atoms with E-state index in [9.17, 15) is 0 Å². The smallest absolute Gasteiger partial charge is 0.255 e. The Morgan fingerprint density at radius 2 is 1.45 bits per heavy atom. The van der Waals surface area contributed by atoms with Crippen LogP contribution >= 0.6 is 0 Å². The van der Waals surface area contributed by atoms with Gasteiger partial charge in [0.25, 0.3) is 5.65 Å². The molecular formula is C30H32N3+. The first kappa shape index (κ1) is 19.5. The first-order valence-electron chi connectivity index (χ1n) is 12.9. The standard InChI is InChI=1S/C30H32N3/c1-19-15-16-31-29-24-17-22(20-7-3-4-8-20)11-13-25(24)33-26-14-12-23(21-9-5-6-10-21)18-27(26)32(2)30(33)28(19)29/h11-18,20-21H,3-10H2,1-2H3/q+1. The van der Waals surface area contributed by atoms with Gasteiger partial charge >= 0.3 is 0 Å². The molecule has 166 valence electrons. The Kier molecular flexibility index (Phi) is 4.31. The van der Waals surface area contributed by atoms with Gasteiger partial charge in [-0.15, -0.1) is 0 Å². The largest absolute Gasteiger partial charge is 0.297 e. The van der Waals surface area contributed by atoms with Gasteiger partial charge in [-0.25, -0.2) is 4.57 Å². The van der Waals surface area contributed by atoms with Crippen molar-refractivity contribution in [2.24, 2.45) is 7.05 Å². The molecule has 0 atom stereocenters. The summed E-state index contributed by atoms with van der Waals surface area (Å²) in [5.41, 5.74) is 10.6. The number of benzene rings is 2. The molecule has 0 saturated heterocycles. The Balaban J connectivity index is 1.60. The highest BCUT2D eigenvalue weighted by Gasteiger charge is 2.27. The topological polar surface area (TPSA) is 21.9 Å². The summed E-state index contributed by atoms with van der Waals surface area (Å²) in [4.78, 5) is 4.95. The van der Waals surface area contributed by atoms with Crippen LogP contribution in [0, 0.1) is 6.92 Å². The lowest BCUT2D eigenvalue weighted by Gasteiger charge is -2.12. The van der Waals surface area contributed by atoms with Gasteiger partial charge in [0, 0.05) is 11.6 Å². The van der Waals surface area contributed by atoms with Gasteiger partial charge in [-0.1, -0.05) is 37.8 Å². The van der Waals surface area contributed by atoms with Gasteiger partial charge in [-0.3, -0.25) is 4.98 Å². The van der Waals surface area contributed by atoms with Crippen LogP contribution in [0.2, 0.25) is 0 Å². The van der Waals surface area contributed by atoms with Gasteiger partial charge in [0.15, 0.2) is 11.0 Å². The fourth-order valence-electron chi connectivity index (χ4n) is 6.91. The lowest BCUT2D eigenvalue weighted by atomic mass is 9.95.